The van der Waals surface area contributed by atoms with Crippen molar-refractivity contribution in [2.45, 2.75) is 39.2 Å². The molecule has 0 amide bonds. The Morgan fingerprint density at radius 2 is 2.12 bits per heavy atom. The molecule has 1 rings (SSSR count). The van der Waals surface area contributed by atoms with Gasteiger partial charge in [-0.25, -0.2) is 0 Å². The summed E-state index contributed by atoms with van der Waals surface area (Å²) in [4.78, 5) is 6.38. The van der Waals surface area contributed by atoms with Crippen molar-refractivity contribution >= 4 is 0 Å². The van der Waals surface area contributed by atoms with Crippen LogP contribution in [0.15, 0.2) is 18.3 Å². The lowest BCUT2D eigenvalue weighted by Gasteiger charge is -2.16. The summed E-state index contributed by atoms with van der Waals surface area (Å²) < 4.78 is 0. The molecule has 0 saturated carbocycles. The van der Waals surface area contributed by atoms with E-state index in [1.165, 1.54) is 25.7 Å². The minimum absolute atomic E-state index is 0.294. The molecule has 0 bridgehead atoms. The van der Waals surface area contributed by atoms with Crippen molar-refractivity contribution in [2.75, 3.05) is 13.6 Å². The van der Waals surface area contributed by atoms with E-state index in [0.717, 1.165) is 18.8 Å². The Labute approximate surface area is 98.1 Å². The predicted molar refractivity (Wildman–Crippen MR) is 66.4 cm³/mol. The lowest BCUT2D eigenvalue weighted by molar-refractivity contribution is 0.307. The Balaban J connectivity index is 2.28. The molecule has 0 aliphatic rings. The number of hydrogen-bond donors (Lipinski definition) is 1. The molecule has 0 spiro atoms. The number of hydrogen-bond acceptors (Lipinski definition) is 3. The van der Waals surface area contributed by atoms with E-state index in [4.69, 9.17) is 0 Å². The standard InChI is InChI=1S/C13H22N2O/c1-3-4-5-6-10-15(2)11-12-13(16)8-7-9-14-12/h7-9,16H,3-6,10-11H2,1-2H3. The first-order valence-corrected chi connectivity index (χ1v) is 6.05. The van der Waals surface area contributed by atoms with Crippen molar-refractivity contribution < 1.29 is 5.11 Å². The fourth-order valence-corrected chi connectivity index (χ4v) is 1.69. The molecule has 0 saturated heterocycles. The monoisotopic (exact) mass is 222 g/mol. The summed E-state index contributed by atoms with van der Waals surface area (Å²) in [5.74, 6) is 0.294. The molecule has 0 fully saturated rings. The molecule has 1 N–H and O–H groups in total. The Kier molecular flexibility index (Phi) is 5.86. The Morgan fingerprint density at radius 3 is 2.81 bits per heavy atom. The maximum absolute atomic E-state index is 9.58. The zero-order chi connectivity index (χ0) is 11.8. The topological polar surface area (TPSA) is 36.4 Å². The third kappa shape index (κ3) is 4.62. The molecule has 0 aromatic carbocycles. The van der Waals surface area contributed by atoms with E-state index in [-0.39, 0.29) is 0 Å². The van der Waals surface area contributed by atoms with Gasteiger partial charge in [0.2, 0.25) is 0 Å². The van der Waals surface area contributed by atoms with Crippen LogP contribution >= 0.6 is 0 Å². The second kappa shape index (κ2) is 7.23. The van der Waals surface area contributed by atoms with Crippen molar-refractivity contribution in [2.24, 2.45) is 0 Å². The van der Waals surface area contributed by atoms with Crippen molar-refractivity contribution in [1.29, 1.82) is 0 Å². The molecule has 0 aliphatic heterocycles. The van der Waals surface area contributed by atoms with Crippen LogP contribution in [0, 0.1) is 0 Å². The zero-order valence-electron chi connectivity index (χ0n) is 10.3. The molecule has 1 aromatic heterocycles. The highest BCUT2D eigenvalue weighted by Gasteiger charge is 2.05. The molecule has 0 radical (unpaired) electrons. The molecular weight excluding hydrogens is 200 g/mol. The summed E-state index contributed by atoms with van der Waals surface area (Å²) in [6, 6.07) is 3.44. The van der Waals surface area contributed by atoms with Gasteiger partial charge in [0, 0.05) is 12.7 Å². The quantitative estimate of drug-likeness (QED) is 0.721. The van der Waals surface area contributed by atoms with E-state index in [0.29, 0.717) is 5.75 Å². The van der Waals surface area contributed by atoms with Gasteiger partial charge in [0.05, 0.1) is 5.69 Å². The first-order valence-electron chi connectivity index (χ1n) is 6.05. The summed E-state index contributed by atoms with van der Waals surface area (Å²) in [7, 11) is 2.07. The van der Waals surface area contributed by atoms with E-state index in [9.17, 15) is 5.11 Å². The Hall–Kier alpha value is -1.09. The molecule has 16 heavy (non-hydrogen) atoms. The third-order valence-corrected chi connectivity index (χ3v) is 2.68. The van der Waals surface area contributed by atoms with Gasteiger partial charge in [0.1, 0.15) is 5.75 Å². The van der Waals surface area contributed by atoms with E-state index in [1.54, 1.807) is 18.3 Å². The molecule has 1 aromatic rings. The van der Waals surface area contributed by atoms with Gasteiger partial charge in [-0.2, -0.15) is 0 Å². The summed E-state index contributed by atoms with van der Waals surface area (Å²) in [5, 5.41) is 9.58. The lowest BCUT2D eigenvalue weighted by atomic mass is 10.2. The normalized spacial score (nSPS) is 10.9. The fraction of sp³-hybridized carbons (Fsp3) is 0.615. The van der Waals surface area contributed by atoms with E-state index < -0.39 is 0 Å². The molecule has 3 nitrogen and oxygen atoms in total. The maximum Gasteiger partial charge on any atom is 0.138 e. The van der Waals surface area contributed by atoms with Gasteiger partial charge in [-0.3, -0.25) is 4.98 Å². The Morgan fingerprint density at radius 1 is 1.31 bits per heavy atom. The van der Waals surface area contributed by atoms with Crippen molar-refractivity contribution in [1.82, 2.24) is 9.88 Å². The average molecular weight is 222 g/mol. The van der Waals surface area contributed by atoms with Gasteiger partial charge >= 0.3 is 0 Å². The largest absolute Gasteiger partial charge is 0.506 e. The summed E-state index contributed by atoms with van der Waals surface area (Å²) in [6.07, 6.45) is 6.81. The maximum atomic E-state index is 9.58. The van der Waals surface area contributed by atoms with Crippen molar-refractivity contribution in [3.8, 4) is 5.75 Å². The first-order chi connectivity index (χ1) is 7.74. The number of nitrogens with zero attached hydrogens (tertiary/aromatic N) is 2. The lowest BCUT2D eigenvalue weighted by Crippen LogP contribution is -2.19. The highest BCUT2D eigenvalue weighted by atomic mass is 16.3. The fourth-order valence-electron chi connectivity index (χ4n) is 1.69. The van der Waals surface area contributed by atoms with Crippen LogP contribution < -0.4 is 0 Å². The molecule has 1 heterocycles. The second-order valence-electron chi connectivity index (χ2n) is 4.27. The van der Waals surface area contributed by atoms with Crippen LogP contribution in [-0.2, 0) is 6.54 Å². The van der Waals surface area contributed by atoms with Crippen LogP contribution in [0.1, 0.15) is 38.3 Å². The van der Waals surface area contributed by atoms with Crippen LogP contribution in [0.4, 0.5) is 0 Å². The number of rotatable bonds is 7. The number of aromatic hydroxyl groups is 1. The second-order valence-corrected chi connectivity index (χ2v) is 4.27. The number of aromatic nitrogens is 1. The summed E-state index contributed by atoms with van der Waals surface area (Å²) in [5.41, 5.74) is 0.764. The van der Waals surface area contributed by atoms with Crippen LogP contribution in [0.3, 0.4) is 0 Å². The van der Waals surface area contributed by atoms with Gasteiger partial charge < -0.3 is 10.0 Å². The van der Waals surface area contributed by atoms with Crippen molar-refractivity contribution in [3.05, 3.63) is 24.0 Å². The third-order valence-electron chi connectivity index (χ3n) is 2.68. The summed E-state index contributed by atoms with van der Waals surface area (Å²) >= 11 is 0. The van der Waals surface area contributed by atoms with Crippen LogP contribution in [-0.4, -0.2) is 28.6 Å². The molecular formula is C13H22N2O. The van der Waals surface area contributed by atoms with E-state index in [1.807, 2.05) is 0 Å². The molecule has 3 heteroatoms. The van der Waals surface area contributed by atoms with E-state index >= 15 is 0 Å². The van der Waals surface area contributed by atoms with Gasteiger partial charge in [0.15, 0.2) is 0 Å². The smallest absolute Gasteiger partial charge is 0.138 e. The van der Waals surface area contributed by atoms with Gasteiger partial charge in [0.25, 0.3) is 0 Å². The Bertz CT molecular complexity index is 302. The average Bonchev–Trinajstić information content (AvgIpc) is 2.28. The minimum Gasteiger partial charge on any atom is -0.506 e. The SMILES string of the molecule is CCCCCCN(C)Cc1ncccc1O. The minimum atomic E-state index is 0.294. The summed E-state index contributed by atoms with van der Waals surface area (Å²) in [6.45, 7) is 4.00. The predicted octanol–water partition coefficient (Wildman–Crippen LogP) is 2.80. The first kappa shape index (κ1) is 13.0. The van der Waals surface area contributed by atoms with E-state index in [2.05, 4.69) is 23.9 Å². The molecule has 90 valence electrons. The number of unbranched alkanes of at least 4 members (excludes halogenated alkanes) is 3. The molecule has 0 unspecified atom stereocenters. The zero-order valence-corrected chi connectivity index (χ0v) is 10.3. The van der Waals surface area contributed by atoms with Crippen LogP contribution in [0.2, 0.25) is 0 Å². The molecule has 0 aliphatic carbocycles. The highest BCUT2D eigenvalue weighted by Crippen LogP contribution is 2.14. The highest BCUT2D eigenvalue weighted by molar-refractivity contribution is 5.24. The van der Waals surface area contributed by atoms with Gasteiger partial charge in [-0.15, -0.1) is 0 Å². The number of pyridine rings is 1. The van der Waals surface area contributed by atoms with Gasteiger partial charge in [-0.05, 0) is 32.1 Å². The van der Waals surface area contributed by atoms with Crippen molar-refractivity contribution in [3.63, 3.8) is 0 Å². The molecule has 0 atom stereocenters. The van der Waals surface area contributed by atoms with Crippen LogP contribution in [0.5, 0.6) is 5.75 Å². The van der Waals surface area contributed by atoms with Crippen LogP contribution in [0.25, 0.3) is 0 Å². The van der Waals surface area contributed by atoms with Gasteiger partial charge in [-0.1, -0.05) is 26.2 Å².